The van der Waals surface area contributed by atoms with Crippen LogP contribution in [0.5, 0.6) is 11.5 Å². The van der Waals surface area contributed by atoms with Crippen LogP contribution in [0, 0.1) is 5.82 Å². The zero-order valence-corrected chi connectivity index (χ0v) is 16.5. The zero-order chi connectivity index (χ0) is 22.2. The number of pyridine rings is 1. The predicted octanol–water partition coefficient (Wildman–Crippen LogP) is 4.67. The number of hydrogen-bond acceptors (Lipinski definition) is 5. The van der Waals surface area contributed by atoms with E-state index in [4.69, 9.17) is 9.47 Å². The molecular weight excluding hydrogens is 408 g/mol. The highest BCUT2D eigenvalue weighted by Gasteiger charge is 2.44. The van der Waals surface area contributed by atoms with Crippen molar-refractivity contribution < 1.29 is 36.6 Å². The Balaban J connectivity index is 2.08. The van der Waals surface area contributed by atoms with E-state index in [1.54, 1.807) is 32.9 Å². The smallest absolute Gasteiger partial charge is 0.491 e. The first kappa shape index (κ1) is 21.7. The van der Waals surface area contributed by atoms with Gasteiger partial charge in [-0.1, -0.05) is 6.07 Å². The monoisotopic (exact) mass is 428 g/mol. The molecule has 0 aliphatic carbocycles. The summed E-state index contributed by atoms with van der Waals surface area (Å²) in [5.74, 6) is -1.86. The number of ether oxygens (including phenoxy) is 3. The summed E-state index contributed by atoms with van der Waals surface area (Å²) in [6, 6.07) is 6.23. The maximum absolute atomic E-state index is 14.5. The van der Waals surface area contributed by atoms with E-state index in [2.05, 4.69) is 15.0 Å². The number of alkyl carbamates (subject to hydrolysis) is 1. The van der Waals surface area contributed by atoms with Gasteiger partial charge in [0.2, 0.25) is 0 Å². The van der Waals surface area contributed by atoms with Gasteiger partial charge in [-0.05, 0) is 50.6 Å². The van der Waals surface area contributed by atoms with E-state index in [1.807, 2.05) is 0 Å². The molecule has 6 nitrogen and oxygen atoms in total. The van der Waals surface area contributed by atoms with Crippen molar-refractivity contribution in [1.82, 2.24) is 10.3 Å². The van der Waals surface area contributed by atoms with Crippen LogP contribution in [0.1, 0.15) is 38.4 Å². The lowest BCUT2D eigenvalue weighted by atomic mass is 9.81. The molecule has 0 spiro atoms. The normalized spacial score (nSPS) is 18.8. The summed E-state index contributed by atoms with van der Waals surface area (Å²) in [6.45, 7) is 5.19. The molecule has 1 N–H and O–H groups in total. The van der Waals surface area contributed by atoms with E-state index < -0.39 is 35.2 Å². The van der Waals surface area contributed by atoms with Crippen LogP contribution in [-0.2, 0) is 10.3 Å². The van der Waals surface area contributed by atoms with Gasteiger partial charge in [-0.3, -0.25) is 4.98 Å². The number of amides is 1. The number of carbonyl (C=O) groups excluding carboxylic acids is 1. The van der Waals surface area contributed by atoms with Gasteiger partial charge in [0.1, 0.15) is 22.6 Å². The van der Waals surface area contributed by atoms with Gasteiger partial charge in [0, 0.05) is 12.6 Å². The van der Waals surface area contributed by atoms with Crippen LogP contribution < -0.4 is 14.8 Å². The van der Waals surface area contributed by atoms with Crippen LogP contribution in [0.3, 0.4) is 0 Å². The highest BCUT2D eigenvalue weighted by Crippen LogP contribution is 2.42. The lowest BCUT2D eigenvalue weighted by molar-refractivity contribution is -0.275. The molecule has 162 valence electrons. The minimum atomic E-state index is -5.04. The van der Waals surface area contributed by atoms with Crippen molar-refractivity contribution in [2.24, 2.45) is 0 Å². The first-order valence-corrected chi connectivity index (χ1v) is 9.05. The molecule has 1 aromatic heterocycles. The van der Waals surface area contributed by atoms with Crippen molar-refractivity contribution in [3.8, 4) is 11.5 Å². The second kappa shape index (κ2) is 7.66. The molecule has 1 atom stereocenters. The summed E-state index contributed by atoms with van der Waals surface area (Å²) >= 11 is 0. The molecule has 0 unspecified atom stereocenters. The number of benzene rings is 1. The molecule has 0 radical (unpaired) electrons. The standard InChI is InChI=1S/C20H20F4N2O4/c1-18(2,3)30-17(27)26-19(8-10-28-15-5-4-9-25-16(15)19)12-6-7-14(13(21)11-12)29-20(22,23)24/h4-7,9,11H,8,10H2,1-3H3,(H,26,27)/t19-/m0/s1. The Labute approximate surface area is 170 Å². The first-order valence-electron chi connectivity index (χ1n) is 9.05. The maximum atomic E-state index is 14.5. The molecule has 1 amide bonds. The SMILES string of the molecule is CC(C)(C)OC(=O)N[C@]1(c2ccc(OC(F)(F)F)c(F)c2)CCOc2cccnc21. The number of nitrogens with zero attached hydrogens (tertiary/aromatic N) is 1. The minimum absolute atomic E-state index is 0.148. The number of carbonyl (C=O) groups is 1. The second-order valence-electron chi connectivity index (χ2n) is 7.67. The molecule has 2 heterocycles. The summed E-state index contributed by atoms with van der Waals surface area (Å²) in [7, 11) is 0. The average Bonchev–Trinajstić information content (AvgIpc) is 2.61. The minimum Gasteiger partial charge on any atom is -0.491 e. The number of nitrogens with one attached hydrogen (secondary N) is 1. The van der Waals surface area contributed by atoms with Gasteiger partial charge in [-0.25, -0.2) is 9.18 Å². The Hall–Kier alpha value is -3.04. The lowest BCUT2D eigenvalue weighted by Gasteiger charge is -2.39. The molecule has 1 aliphatic heterocycles. The predicted molar refractivity (Wildman–Crippen MR) is 97.6 cm³/mol. The van der Waals surface area contributed by atoms with Gasteiger partial charge in [0.05, 0.1) is 6.61 Å². The van der Waals surface area contributed by atoms with Gasteiger partial charge >= 0.3 is 12.5 Å². The topological polar surface area (TPSA) is 69.7 Å². The summed E-state index contributed by atoms with van der Waals surface area (Å²) in [4.78, 5) is 16.9. The van der Waals surface area contributed by atoms with E-state index in [-0.39, 0.29) is 24.3 Å². The zero-order valence-electron chi connectivity index (χ0n) is 16.5. The molecule has 0 bridgehead atoms. The number of hydrogen-bond donors (Lipinski definition) is 1. The first-order chi connectivity index (χ1) is 13.9. The van der Waals surface area contributed by atoms with Crippen LogP contribution in [0.25, 0.3) is 0 Å². The van der Waals surface area contributed by atoms with Gasteiger partial charge in [-0.2, -0.15) is 0 Å². The van der Waals surface area contributed by atoms with Crippen molar-refractivity contribution in [1.29, 1.82) is 0 Å². The van der Waals surface area contributed by atoms with Crippen LogP contribution in [0.15, 0.2) is 36.5 Å². The van der Waals surface area contributed by atoms with E-state index in [9.17, 15) is 22.4 Å². The molecule has 1 aliphatic rings. The molecule has 30 heavy (non-hydrogen) atoms. The Morgan fingerprint density at radius 2 is 1.97 bits per heavy atom. The molecule has 0 saturated heterocycles. The summed E-state index contributed by atoms with van der Waals surface area (Å²) in [6.07, 6.45) is -4.22. The molecule has 2 aromatic rings. The molecule has 10 heteroatoms. The fourth-order valence-corrected chi connectivity index (χ4v) is 3.19. The van der Waals surface area contributed by atoms with Crippen LogP contribution in [-0.4, -0.2) is 29.6 Å². The fraction of sp³-hybridized carbons (Fsp3) is 0.400. The van der Waals surface area contributed by atoms with Crippen LogP contribution >= 0.6 is 0 Å². The second-order valence-corrected chi connectivity index (χ2v) is 7.67. The Kier molecular flexibility index (Phi) is 5.53. The van der Waals surface area contributed by atoms with Gasteiger partial charge < -0.3 is 19.5 Å². The number of aromatic nitrogens is 1. The summed E-state index contributed by atoms with van der Waals surface area (Å²) in [5.41, 5.74) is -1.73. The third-order valence-electron chi connectivity index (χ3n) is 4.27. The van der Waals surface area contributed by atoms with Crippen molar-refractivity contribution in [2.75, 3.05) is 6.61 Å². The highest BCUT2D eigenvalue weighted by atomic mass is 19.4. The van der Waals surface area contributed by atoms with Crippen LogP contribution in [0.4, 0.5) is 22.4 Å². The average molecular weight is 428 g/mol. The fourth-order valence-electron chi connectivity index (χ4n) is 3.19. The molecular formula is C20H20F4N2O4. The number of rotatable bonds is 3. The largest absolute Gasteiger partial charge is 0.573 e. The lowest BCUT2D eigenvalue weighted by Crippen LogP contribution is -2.51. The summed E-state index contributed by atoms with van der Waals surface area (Å²) in [5, 5.41) is 2.72. The van der Waals surface area contributed by atoms with E-state index in [0.29, 0.717) is 5.75 Å². The van der Waals surface area contributed by atoms with Gasteiger partial charge in [0.25, 0.3) is 0 Å². The number of fused-ring (bicyclic) bond motifs is 1. The number of alkyl halides is 3. The highest BCUT2D eigenvalue weighted by molar-refractivity contribution is 5.71. The Bertz CT molecular complexity index is 943. The molecule has 1 aromatic carbocycles. The van der Waals surface area contributed by atoms with Crippen molar-refractivity contribution >= 4 is 6.09 Å². The van der Waals surface area contributed by atoms with E-state index in [0.717, 1.165) is 12.1 Å². The third-order valence-corrected chi connectivity index (χ3v) is 4.27. The van der Waals surface area contributed by atoms with E-state index >= 15 is 0 Å². The van der Waals surface area contributed by atoms with Crippen molar-refractivity contribution in [3.05, 3.63) is 53.6 Å². The van der Waals surface area contributed by atoms with Crippen molar-refractivity contribution in [3.63, 3.8) is 0 Å². The Morgan fingerprint density at radius 3 is 2.60 bits per heavy atom. The van der Waals surface area contributed by atoms with Crippen LogP contribution in [0.2, 0.25) is 0 Å². The van der Waals surface area contributed by atoms with Gasteiger partial charge in [0.15, 0.2) is 11.6 Å². The third kappa shape index (κ3) is 4.74. The van der Waals surface area contributed by atoms with E-state index in [1.165, 1.54) is 12.3 Å². The quantitative estimate of drug-likeness (QED) is 0.720. The Morgan fingerprint density at radius 1 is 1.23 bits per heavy atom. The van der Waals surface area contributed by atoms with Crippen molar-refractivity contribution in [2.45, 2.75) is 44.7 Å². The van der Waals surface area contributed by atoms with Gasteiger partial charge in [-0.15, -0.1) is 13.2 Å². The number of halogens is 4. The molecule has 0 fully saturated rings. The molecule has 0 saturated carbocycles. The summed E-state index contributed by atoms with van der Waals surface area (Å²) < 4.78 is 66.6. The maximum Gasteiger partial charge on any atom is 0.573 e. The molecule has 3 rings (SSSR count).